The summed E-state index contributed by atoms with van der Waals surface area (Å²) in [4.78, 5) is 11.6. The van der Waals surface area contributed by atoms with Crippen LogP contribution in [0.4, 0.5) is 0 Å². The lowest BCUT2D eigenvalue weighted by Gasteiger charge is -2.33. The molecule has 0 unspecified atom stereocenters. The van der Waals surface area contributed by atoms with Gasteiger partial charge >= 0.3 is 0 Å². The maximum Gasteiger partial charge on any atom is 0.191 e. The lowest BCUT2D eigenvalue weighted by Crippen LogP contribution is -2.48. The zero-order chi connectivity index (χ0) is 19.6. The second kappa shape index (κ2) is 11.2. The average Bonchev–Trinajstić information content (AvgIpc) is 2.72. The number of benzene rings is 1. The van der Waals surface area contributed by atoms with Crippen LogP contribution in [0.1, 0.15) is 31.0 Å². The predicted molar refractivity (Wildman–Crippen MR) is 119 cm³/mol. The first-order valence-corrected chi connectivity index (χ1v) is 10.9. The Kier molecular flexibility index (Phi) is 8.30. The smallest absolute Gasteiger partial charge is 0.191 e. The van der Waals surface area contributed by atoms with Crippen LogP contribution in [0.2, 0.25) is 0 Å². The molecule has 0 radical (unpaired) electrons. The van der Waals surface area contributed by atoms with Crippen molar-refractivity contribution in [2.45, 2.75) is 38.8 Å². The van der Waals surface area contributed by atoms with Crippen molar-refractivity contribution in [2.75, 3.05) is 26.2 Å². The molecule has 0 saturated carbocycles. The Morgan fingerprint density at radius 1 is 1.18 bits per heavy atom. The number of piperidine rings is 1. The molecule has 0 atom stereocenters. The number of aliphatic imine (C=N–C) groups is 1. The Morgan fingerprint density at radius 2 is 1.96 bits per heavy atom. The first kappa shape index (κ1) is 20.8. The molecule has 2 aromatic rings. The number of nitrogens with one attached hydrogen (secondary N) is 2. The maximum absolute atomic E-state index is 4.73. The van der Waals surface area contributed by atoms with E-state index in [0.29, 0.717) is 6.04 Å². The van der Waals surface area contributed by atoms with Crippen LogP contribution in [0.3, 0.4) is 0 Å². The highest BCUT2D eigenvalue weighted by Crippen LogP contribution is 2.16. The summed E-state index contributed by atoms with van der Waals surface area (Å²) in [5.41, 5.74) is 2.46. The van der Waals surface area contributed by atoms with E-state index in [2.05, 4.69) is 73.7 Å². The van der Waals surface area contributed by atoms with Gasteiger partial charge in [0.2, 0.25) is 0 Å². The second-order valence-electron chi connectivity index (χ2n) is 7.15. The summed E-state index contributed by atoms with van der Waals surface area (Å²) >= 11 is 3.50. The molecular weight excluding hydrogens is 414 g/mol. The van der Waals surface area contributed by atoms with Crippen molar-refractivity contribution < 1.29 is 0 Å². The summed E-state index contributed by atoms with van der Waals surface area (Å²) in [6.45, 7) is 6.98. The van der Waals surface area contributed by atoms with Gasteiger partial charge in [0.05, 0.1) is 0 Å². The van der Waals surface area contributed by atoms with Gasteiger partial charge in [-0.2, -0.15) is 0 Å². The van der Waals surface area contributed by atoms with Crippen LogP contribution in [-0.2, 0) is 13.0 Å². The molecule has 28 heavy (non-hydrogen) atoms. The third-order valence-electron chi connectivity index (χ3n) is 4.96. The normalized spacial score (nSPS) is 16.1. The standard InChI is InChI=1S/C22H30BrN5/c1-2-24-22(26-14-10-20-5-3-4-13-25-20)27-21-11-15-28(16-12-21)17-18-6-8-19(23)9-7-18/h3-9,13,21H,2,10-12,14-17H2,1H3,(H2,24,26,27). The van der Waals surface area contributed by atoms with E-state index in [1.54, 1.807) is 0 Å². The Balaban J connectivity index is 1.44. The Bertz CT molecular complexity index is 724. The van der Waals surface area contributed by atoms with Crippen LogP contribution in [0, 0.1) is 0 Å². The second-order valence-corrected chi connectivity index (χ2v) is 8.07. The van der Waals surface area contributed by atoms with Gasteiger partial charge in [-0.25, -0.2) is 0 Å². The van der Waals surface area contributed by atoms with Crippen LogP contribution in [0.15, 0.2) is 58.1 Å². The molecule has 2 heterocycles. The summed E-state index contributed by atoms with van der Waals surface area (Å²) in [5, 5.41) is 6.99. The molecule has 2 N–H and O–H groups in total. The molecule has 150 valence electrons. The molecule has 6 heteroatoms. The quantitative estimate of drug-likeness (QED) is 0.506. The summed E-state index contributed by atoms with van der Waals surface area (Å²) < 4.78 is 1.14. The highest BCUT2D eigenvalue weighted by atomic mass is 79.9. The number of guanidine groups is 1. The van der Waals surface area contributed by atoms with E-state index >= 15 is 0 Å². The summed E-state index contributed by atoms with van der Waals surface area (Å²) in [5.74, 6) is 0.921. The van der Waals surface area contributed by atoms with Gasteiger partial charge in [0.1, 0.15) is 0 Å². The summed E-state index contributed by atoms with van der Waals surface area (Å²) in [6, 6.07) is 15.1. The lowest BCUT2D eigenvalue weighted by atomic mass is 10.0. The lowest BCUT2D eigenvalue weighted by molar-refractivity contribution is 0.198. The Hall–Kier alpha value is -1.92. The minimum Gasteiger partial charge on any atom is -0.357 e. The molecule has 1 aromatic carbocycles. The first-order chi connectivity index (χ1) is 13.7. The van der Waals surface area contributed by atoms with Gasteiger partial charge in [0.25, 0.3) is 0 Å². The van der Waals surface area contributed by atoms with Crippen molar-refractivity contribution >= 4 is 21.9 Å². The molecule has 1 aliphatic heterocycles. The number of hydrogen-bond donors (Lipinski definition) is 2. The van der Waals surface area contributed by atoms with Crippen LogP contribution in [-0.4, -0.2) is 48.1 Å². The van der Waals surface area contributed by atoms with E-state index < -0.39 is 0 Å². The van der Waals surface area contributed by atoms with E-state index in [1.807, 2.05) is 18.3 Å². The Morgan fingerprint density at radius 3 is 2.64 bits per heavy atom. The largest absolute Gasteiger partial charge is 0.357 e. The highest BCUT2D eigenvalue weighted by Gasteiger charge is 2.20. The maximum atomic E-state index is 4.73. The summed E-state index contributed by atoms with van der Waals surface area (Å²) in [6.07, 6.45) is 4.98. The number of nitrogens with zero attached hydrogens (tertiary/aromatic N) is 3. The monoisotopic (exact) mass is 443 g/mol. The van der Waals surface area contributed by atoms with Gasteiger partial charge < -0.3 is 10.6 Å². The zero-order valence-electron chi connectivity index (χ0n) is 16.6. The van der Waals surface area contributed by atoms with Crippen LogP contribution in [0.5, 0.6) is 0 Å². The van der Waals surface area contributed by atoms with Crippen LogP contribution >= 0.6 is 15.9 Å². The van der Waals surface area contributed by atoms with Crippen molar-refractivity contribution in [3.63, 3.8) is 0 Å². The zero-order valence-corrected chi connectivity index (χ0v) is 18.2. The molecular formula is C22H30BrN5. The van der Waals surface area contributed by atoms with E-state index in [4.69, 9.17) is 4.99 Å². The number of rotatable bonds is 7. The molecule has 0 bridgehead atoms. The fraction of sp³-hybridized carbons (Fsp3) is 0.455. The van der Waals surface area contributed by atoms with Crippen molar-refractivity contribution in [1.29, 1.82) is 0 Å². The molecule has 5 nitrogen and oxygen atoms in total. The fourth-order valence-corrected chi connectivity index (χ4v) is 3.69. The molecule has 1 aromatic heterocycles. The molecule has 1 saturated heterocycles. The third kappa shape index (κ3) is 6.91. The van der Waals surface area contributed by atoms with Gasteiger partial charge in [0, 0.05) is 61.5 Å². The number of hydrogen-bond acceptors (Lipinski definition) is 3. The van der Waals surface area contributed by atoms with Crippen LogP contribution < -0.4 is 10.6 Å². The fourth-order valence-electron chi connectivity index (χ4n) is 3.43. The number of aromatic nitrogens is 1. The van der Waals surface area contributed by atoms with Crippen LogP contribution in [0.25, 0.3) is 0 Å². The molecule has 0 amide bonds. The minimum absolute atomic E-state index is 0.480. The van der Waals surface area contributed by atoms with Gasteiger partial charge in [-0.1, -0.05) is 34.1 Å². The number of halogens is 1. The van der Waals surface area contributed by atoms with Crippen molar-refractivity contribution in [1.82, 2.24) is 20.5 Å². The first-order valence-electron chi connectivity index (χ1n) is 10.1. The average molecular weight is 444 g/mol. The Labute approximate surface area is 176 Å². The third-order valence-corrected chi connectivity index (χ3v) is 5.48. The topological polar surface area (TPSA) is 52.6 Å². The molecule has 0 spiro atoms. The summed E-state index contributed by atoms with van der Waals surface area (Å²) in [7, 11) is 0. The van der Waals surface area contributed by atoms with Gasteiger partial charge in [-0.05, 0) is 49.6 Å². The van der Waals surface area contributed by atoms with Gasteiger partial charge in [0.15, 0.2) is 5.96 Å². The van der Waals surface area contributed by atoms with E-state index in [-0.39, 0.29) is 0 Å². The van der Waals surface area contributed by atoms with Crippen molar-refractivity contribution in [2.24, 2.45) is 4.99 Å². The molecule has 1 fully saturated rings. The van der Waals surface area contributed by atoms with E-state index in [9.17, 15) is 0 Å². The minimum atomic E-state index is 0.480. The predicted octanol–water partition coefficient (Wildman–Crippen LogP) is 3.61. The van der Waals surface area contributed by atoms with Crippen molar-refractivity contribution in [3.05, 3.63) is 64.4 Å². The van der Waals surface area contributed by atoms with Gasteiger partial charge in [-0.3, -0.25) is 14.9 Å². The van der Waals surface area contributed by atoms with E-state index in [1.165, 1.54) is 5.56 Å². The molecule has 3 rings (SSSR count). The molecule has 1 aliphatic rings. The highest BCUT2D eigenvalue weighted by molar-refractivity contribution is 9.10. The number of likely N-dealkylation sites (tertiary alicyclic amines) is 1. The SMILES string of the molecule is CCNC(=NCCc1ccccn1)NC1CCN(Cc2ccc(Br)cc2)CC1. The van der Waals surface area contributed by atoms with Gasteiger partial charge in [-0.15, -0.1) is 0 Å². The van der Waals surface area contributed by atoms with E-state index in [0.717, 1.165) is 68.1 Å². The van der Waals surface area contributed by atoms with Crippen molar-refractivity contribution in [3.8, 4) is 0 Å². The number of pyridine rings is 1. The molecule has 0 aliphatic carbocycles.